The van der Waals surface area contributed by atoms with Crippen LogP contribution in [0.15, 0.2) is 6.20 Å². The first-order chi connectivity index (χ1) is 7.69. The summed E-state index contributed by atoms with van der Waals surface area (Å²) >= 11 is 0. The molecule has 0 radical (unpaired) electrons. The first kappa shape index (κ1) is 12.9. The molecule has 10 heteroatoms. The molecular formula is C7H6F3N3O4. The van der Waals surface area contributed by atoms with Crippen LogP contribution in [0.1, 0.15) is 5.69 Å². The zero-order valence-electron chi connectivity index (χ0n) is 8.14. The van der Waals surface area contributed by atoms with Gasteiger partial charge in [-0.3, -0.25) is 19.6 Å². The van der Waals surface area contributed by atoms with Gasteiger partial charge in [-0.15, -0.1) is 0 Å². The van der Waals surface area contributed by atoms with Gasteiger partial charge in [0.1, 0.15) is 12.7 Å². The molecule has 0 amide bonds. The highest BCUT2D eigenvalue weighted by atomic mass is 19.4. The Bertz CT molecular complexity index is 454. The van der Waals surface area contributed by atoms with Gasteiger partial charge in [-0.25, -0.2) is 0 Å². The third kappa shape index (κ3) is 3.74. The van der Waals surface area contributed by atoms with E-state index in [-0.39, 0.29) is 0 Å². The van der Waals surface area contributed by atoms with Crippen molar-refractivity contribution >= 4 is 11.7 Å². The van der Waals surface area contributed by atoms with Crippen molar-refractivity contribution in [2.24, 2.45) is 0 Å². The molecule has 0 unspecified atom stereocenters. The smallest absolute Gasteiger partial charge is 0.408 e. The number of aromatic nitrogens is 2. The van der Waals surface area contributed by atoms with Gasteiger partial charge in [0.05, 0.1) is 11.3 Å². The standard InChI is InChI=1S/C7H6F3N3O4/c8-7(9,10)3-12-2-5(13(16)17)4(11-12)1-6(14)15/h2H,1,3H2,(H,14,15). The van der Waals surface area contributed by atoms with Crippen molar-refractivity contribution in [3.05, 3.63) is 22.0 Å². The van der Waals surface area contributed by atoms with Crippen LogP contribution in [0.25, 0.3) is 0 Å². The second-order valence-corrected chi connectivity index (χ2v) is 3.10. The van der Waals surface area contributed by atoms with Crippen molar-refractivity contribution in [1.82, 2.24) is 9.78 Å². The number of carboxylic acid groups (broad SMARTS) is 1. The molecule has 1 aromatic rings. The lowest BCUT2D eigenvalue weighted by Crippen LogP contribution is -2.18. The van der Waals surface area contributed by atoms with E-state index in [0.717, 1.165) is 0 Å². The van der Waals surface area contributed by atoms with Crippen LogP contribution in [0.3, 0.4) is 0 Å². The minimum Gasteiger partial charge on any atom is -0.481 e. The number of carbonyl (C=O) groups is 1. The largest absolute Gasteiger partial charge is 0.481 e. The molecule has 1 N–H and O–H groups in total. The summed E-state index contributed by atoms with van der Waals surface area (Å²) in [6.45, 7) is -1.51. The highest BCUT2D eigenvalue weighted by Crippen LogP contribution is 2.22. The molecule has 94 valence electrons. The van der Waals surface area contributed by atoms with E-state index in [1.807, 2.05) is 0 Å². The molecule has 0 fully saturated rings. The molecule has 0 aliphatic rings. The first-order valence-electron chi connectivity index (χ1n) is 4.18. The van der Waals surface area contributed by atoms with E-state index in [4.69, 9.17) is 5.11 Å². The van der Waals surface area contributed by atoms with Crippen LogP contribution in [-0.2, 0) is 17.8 Å². The third-order valence-corrected chi connectivity index (χ3v) is 1.67. The Balaban J connectivity index is 3.04. The molecule has 1 rings (SSSR count). The average Bonchev–Trinajstić information content (AvgIpc) is 2.43. The summed E-state index contributed by atoms with van der Waals surface area (Å²) in [5.41, 5.74) is -1.25. The number of rotatable bonds is 4. The van der Waals surface area contributed by atoms with Gasteiger partial charge in [0.2, 0.25) is 0 Å². The van der Waals surface area contributed by atoms with Crippen LogP contribution < -0.4 is 0 Å². The van der Waals surface area contributed by atoms with Crippen molar-refractivity contribution in [3.63, 3.8) is 0 Å². The molecule has 0 saturated heterocycles. The van der Waals surface area contributed by atoms with E-state index in [0.29, 0.717) is 10.9 Å². The molecule has 1 heterocycles. The maximum absolute atomic E-state index is 12.0. The van der Waals surface area contributed by atoms with Crippen LogP contribution in [0.5, 0.6) is 0 Å². The van der Waals surface area contributed by atoms with Crippen LogP contribution in [0, 0.1) is 10.1 Å². The van der Waals surface area contributed by atoms with E-state index >= 15 is 0 Å². The summed E-state index contributed by atoms with van der Waals surface area (Å²) in [7, 11) is 0. The predicted octanol–water partition coefficient (Wildman–Crippen LogP) is 0.981. The Kier molecular flexibility index (Phi) is 3.34. The summed E-state index contributed by atoms with van der Waals surface area (Å²) in [5, 5.41) is 22.1. The normalized spacial score (nSPS) is 11.5. The quantitative estimate of drug-likeness (QED) is 0.637. The van der Waals surface area contributed by atoms with Crippen molar-refractivity contribution in [1.29, 1.82) is 0 Å². The van der Waals surface area contributed by atoms with Gasteiger partial charge in [0.25, 0.3) is 0 Å². The molecule has 0 saturated carbocycles. The van der Waals surface area contributed by atoms with Gasteiger partial charge in [0, 0.05) is 0 Å². The number of nitrogens with zero attached hydrogens (tertiary/aromatic N) is 3. The van der Waals surface area contributed by atoms with Crippen LogP contribution in [0.2, 0.25) is 0 Å². The number of nitro groups is 1. The first-order valence-corrected chi connectivity index (χ1v) is 4.18. The van der Waals surface area contributed by atoms with E-state index < -0.39 is 41.4 Å². The molecule has 7 nitrogen and oxygen atoms in total. The highest BCUT2D eigenvalue weighted by Gasteiger charge is 2.31. The molecular weight excluding hydrogens is 247 g/mol. The Morgan fingerprint density at radius 1 is 1.59 bits per heavy atom. The summed E-state index contributed by atoms with van der Waals surface area (Å²) in [5.74, 6) is -1.41. The number of alkyl halides is 3. The van der Waals surface area contributed by atoms with E-state index in [1.54, 1.807) is 0 Å². The van der Waals surface area contributed by atoms with Crippen LogP contribution in [-0.4, -0.2) is 32.0 Å². The predicted molar refractivity (Wildman–Crippen MR) is 46.3 cm³/mol. The van der Waals surface area contributed by atoms with E-state index in [2.05, 4.69) is 5.10 Å². The number of hydrogen-bond acceptors (Lipinski definition) is 4. The second-order valence-electron chi connectivity index (χ2n) is 3.10. The van der Waals surface area contributed by atoms with Crippen LogP contribution >= 0.6 is 0 Å². The maximum Gasteiger partial charge on any atom is 0.408 e. The molecule has 0 atom stereocenters. The fraction of sp³-hybridized carbons (Fsp3) is 0.429. The summed E-state index contributed by atoms with van der Waals surface area (Å²) < 4.78 is 36.3. The van der Waals surface area contributed by atoms with Crippen molar-refractivity contribution in [2.75, 3.05) is 0 Å². The third-order valence-electron chi connectivity index (χ3n) is 1.67. The SMILES string of the molecule is O=C(O)Cc1nn(CC(F)(F)F)cc1[N+](=O)[O-]. The van der Waals surface area contributed by atoms with E-state index in [1.165, 1.54) is 0 Å². The number of halogens is 3. The molecule has 0 bridgehead atoms. The van der Waals surface area contributed by atoms with Crippen molar-refractivity contribution < 1.29 is 28.0 Å². The number of aliphatic carboxylic acids is 1. The molecule has 0 aliphatic carbocycles. The summed E-state index contributed by atoms with van der Waals surface area (Å²) in [6, 6.07) is 0. The Hall–Kier alpha value is -2.13. The lowest BCUT2D eigenvalue weighted by Gasteiger charge is -2.04. The molecule has 1 aromatic heterocycles. The Morgan fingerprint density at radius 2 is 2.18 bits per heavy atom. The number of hydrogen-bond donors (Lipinski definition) is 1. The van der Waals surface area contributed by atoms with Gasteiger partial charge >= 0.3 is 17.8 Å². The van der Waals surface area contributed by atoms with Gasteiger partial charge < -0.3 is 5.11 Å². The fourth-order valence-electron chi connectivity index (χ4n) is 1.14. The molecule has 0 aliphatic heterocycles. The zero-order chi connectivity index (χ0) is 13.2. The van der Waals surface area contributed by atoms with Gasteiger partial charge in [-0.05, 0) is 0 Å². The highest BCUT2D eigenvalue weighted by molar-refractivity contribution is 5.71. The van der Waals surface area contributed by atoms with E-state index in [9.17, 15) is 28.1 Å². The van der Waals surface area contributed by atoms with Crippen LogP contribution in [0.4, 0.5) is 18.9 Å². The van der Waals surface area contributed by atoms with Gasteiger partial charge in [-0.2, -0.15) is 18.3 Å². The topological polar surface area (TPSA) is 98.3 Å². The van der Waals surface area contributed by atoms with Gasteiger partial charge in [-0.1, -0.05) is 0 Å². The monoisotopic (exact) mass is 253 g/mol. The lowest BCUT2D eigenvalue weighted by atomic mass is 10.3. The molecule has 17 heavy (non-hydrogen) atoms. The maximum atomic E-state index is 12.0. The minimum absolute atomic E-state index is 0.302. The fourth-order valence-corrected chi connectivity index (χ4v) is 1.14. The van der Waals surface area contributed by atoms with Crippen molar-refractivity contribution in [3.8, 4) is 0 Å². The second kappa shape index (κ2) is 4.39. The minimum atomic E-state index is -4.58. The molecule has 0 spiro atoms. The number of carboxylic acids is 1. The molecule has 0 aromatic carbocycles. The Labute approximate surface area is 91.6 Å². The zero-order valence-corrected chi connectivity index (χ0v) is 8.14. The summed E-state index contributed by atoms with van der Waals surface area (Å²) in [4.78, 5) is 19.8. The summed E-state index contributed by atoms with van der Waals surface area (Å²) in [6.07, 6.45) is -4.83. The lowest BCUT2D eigenvalue weighted by molar-refractivity contribution is -0.385. The average molecular weight is 253 g/mol. The van der Waals surface area contributed by atoms with Crippen molar-refractivity contribution in [2.45, 2.75) is 19.1 Å². The van der Waals surface area contributed by atoms with Gasteiger partial charge in [0.15, 0.2) is 5.69 Å². The Morgan fingerprint density at radius 3 is 2.59 bits per heavy atom.